The number of hydrogen-bond acceptors (Lipinski definition) is 5. The lowest BCUT2D eigenvalue weighted by Gasteiger charge is -2.24. The van der Waals surface area contributed by atoms with Gasteiger partial charge in [0.2, 0.25) is 0 Å². The molecule has 1 saturated heterocycles. The van der Waals surface area contributed by atoms with Gasteiger partial charge in [-0.1, -0.05) is 0 Å². The van der Waals surface area contributed by atoms with Crippen LogP contribution >= 0.6 is 0 Å². The molecule has 2 rings (SSSR count). The molecular formula is C11H12N2O4. The van der Waals surface area contributed by atoms with Crippen molar-refractivity contribution in [1.82, 2.24) is 5.32 Å². The van der Waals surface area contributed by atoms with Crippen LogP contribution in [0.4, 0.5) is 5.69 Å². The predicted molar refractivity (Wildman–Crippen MR) is 60.0 cm³/mol. The number of morpholine rings is 1. The van der Waals surface area contributed by atoms with Crippen molar-refractivity contribution in [3.63, 3.8) is 0 Å². The Balaban J connectivity index is 2.33. The minimum Gasteiger partial charge on any atom is -0.371 e. The van der Waals surface area contributed by atoms with Crippen LogP contribution in [0.1, 0.15) is 22.0 Å². The molecule has 6 heteroatoms. The summed E-state index contributed by atoms with van der Waals surface area (Å²) in [7, 11) is 0. The fraction of sp³-hybridized carbons (Fsp3) is 0.364. The molecular weight excluding hydrogens is 224 g/mol. The number of nitro groups is 1. The molecule has 17 heavy (non-hydrogen) atoms. The standard InChI is InChI=1S/C11H12N2O4/c14-7-8-5-9(13(15)16)1-2-10(8)11-6-12-3-4-17-11/h1-2,5,7,11-12H,3-4,6H2. The van der Waals surface area contributed by atoms with Gasteiger partial charge in [0.15, 0.2) is 6.29 Å². The lowest BCUT2D eigenvalue weighted by Crippen LogP contribution is -2.33. The first kappa shape index (κ1) is 11.7. The Bertz CT molecular complexity index is 441. The first-order chi connectivity index (χ1) is 8.22. The Morgan fingerprint density at radius 3 is 2.94 bits per heavy atom. The lowest BCUT2D eigenvalue weighted by atomic mass is 10.0. The van der Waals surface area contributed by atoms with E-state index in [0.717, 1.165) is 6.54 Å². The molecule has 1 aromatic carbocycles. The van der Waals surface area contributed by atoms with Gasteiger partial charge in [0, 0.05) is 30.8 Å². The number of nitrogens with zero attached hydrogens (tertiary/aromatic N) is 1. The quantitative estimate of drug-likeness (QED) is 0.482. The van der Waals surface area contributed by atoms with Gasteiger partial charge in [0.05, 0.1) is 17.6 Å². The summed E-state index contributed by atoms with van der Waals surface area (Å²) in [6.45, 7) is 1.96. The number of aldehydes is 1. The van der Waals surface area contributed by atoms with Crippen LogP contribution < -0.4 is 5.32 Å². The Labute approximate surface area is 97.7 Å². The van der Waals surface area contributed by atoms with E-state index in [2.05, 4.69) is 5.32 Å². The minimum absolute atomic E-state index is 0.0837. The molecule has 1 fully saturated rings. The highest BCUT2D eigenvalue weighted by Crippen LogP contribution is 2.25. The third-order valence-electron chi connectivity index (χ3n) is 2.68. The van der Waals surface area contributed by atoms with Crippen molar-refractivity contribution < 1.29 is 14.5 Å². The number of benzene rings is 1. The normalized spacial score (nSPS) is 19.9. The minimum atomic E-state index is -0.517. The van der Waals surface area contributed by atoms with E-state index in [-0.39, 0.29) is 11.8 Å². The molecule has 6 nitrogen and oxygen atoms in total. The molecule has 0 aromatic heterocycles. The average molecular weight is 236 g/mol. The largest absolute Gasteiger partial charge is 0.371 e. The van der Waals surface area contributed by atoms with E-state index in [0.29, 0.717) is 30.6 Å². The second-order valence-electron chi connectivity index (χ2n) is 3.75. The first-order valence-corrected chi connectivity index (χ1v) is 5.28. The van der Waals surface area contributed by atoms with Gasteiger partial charge in [-0.3, -0.25) is 14.9 Å². The van der Waals surface area contributed by atoms with E-state index in [1.807, 2.05) is 0 Å². The summed E-state index contributed by atoms with van der Waals surface area (Å²) in [4.78, 5) is 21.0. The molecule has 0 saturated carbocycles. The highest BCUT2D eigenvalue weighted by molar-refractivity contribution is 5.79. The number of nitrogens with one attached hydrogen (secondary N) is 1. The first-order valence-electron chi connectivity index (χ1n) is 5.28. The Morgan fingerprint density at radius 1 is 1.53 bits per heavy atom. The maximum Gasteiger partial charge on any atom is 0.270 e. The third kappa shape index (κ3) is 2.48. The van der Waals surface area contributed by atoms with Crippen molar-refractivity contribution >= 4 is 12.0 Å². The second-order valence-corrected chi connectivity index (χ2v) is 3.75. The van der Waals surface area contributed by atoms with E-state index in [4.69, 9.17) is 4.74 Å². The molecule has 0 spiro atoms. The monoisotopic (exact) mass is 236 g/mol. The van der Waals surface area contributed by atoms with E-state index < -0.39 is 4.92 Å². The molecule has 1 aliphatic heterocycles. The summed E-state index contributed by atoms with van der Waals surface area (Å²) in [5, 5.41) is 13.7. The molecule has 0 aliphatic carbocycles. The van der Waals surface area contributed by atoms with E-state index in [1.54, 1.807) is 6.07 Å². The van der Waals surface area contributed by atoms with Gasteiger partial charge in [-0.15, -0.1) is 0 Å². The zero-order chi connectivity index (χ0) is 12.3. The summed E-state index contributed by atoms with van der Waals surface area (Å²) in [5.41, 5.74) is 0.922. The van der Waals surface area contributed by atoms with E-state index >= 15 is 0 Å². The Kier molecular flexibility index (Phi) is 3.46. The van der Waals surface area contributed by atoms with Crippen molar-refractivity contribution in [3.8, 4) is 0 Å². The smallest absolute Gasteiger partial charge is 0.270 e. The summed E-state index contributed by atoms with van der Waals surface area (Å²) >= 11 is 0. The van der Waals surface area contributed by atoms with Crippen molar-refractivity contribution in [2.45, 2.75) is 6.10 Å². The second kappa shape index (κ2) is 5.03. The average Bonchev–Trinajstić information content (AvgIpc) is 2.39. The molecule has 1 aliphatic rings. The van der Waals surface area contributed by atoms with Crippen molar-refractivity contribution in [1.29, 1.82) is 0 Å². The number of carbonyl (C=O) groups is 1. The third-order valence-corrected chi connectivity index (χ3v) is 2.68. The molecule has 1 unspecified atom stereocenters. The van der Waals surface area contributed by atoms with Crippen molar-refractivity contribution in [3.05, 3.63) is 39.4 Å². The van der Waals surface area contributed by atoms with Crippen LogP contribution in [-0.2, 0) is 4.74 Å². The summed E-state index contributed by atoms with van der Waals surface area (Å²) < 4.78 is 5.52. The van der Waals surface area contributed by atoms with Crippen LogP contribution in [0.25, 0.3) is 0 Å². The number of rotatable bonds is 3. The molecule has 1 heterocycles. The number of non-ortho nitro benzene ring substituents is 1. The van der Waals surface area contributed by atoms with Gasteiger partial charge in [-0.05, 0) is 11.6 Å². The Morgan fingerprint density at radius 2 is 2.35 bits per heavy atom. The van der Waals surface area contributed by atoms with E-state index in [9.17, 15) is 14.9 Å². The van der Waals surface area contributed by atoms with Gasteiger partial charge in [-0.2, -0.15) is 0 Å². The number of carbonyl (C=O) groups excluding carboxylic acids is 1. The fourth-order valence-corrected chi connectivity index (χ4v) is 1.84. The molecule has 1 atom stereocenters. The molecule has 0 amide bonds. The van der Waals surface area contributed by atoms with Crippen LogP contribution in [0.3, 0.4) is 0 Å². The molecule has 90 valence electrons. The number of hydrogen-bond donors (Lipinski definition) is 1. The number of ether oxygens (including phenoxy) is 1. The van der Waals surface area contributed by atoms with Crippen molar-refractivity contribution in [2.24, 2.45) is 0 Å². The summed E-state index contributed by atoms with van der Waals surface area (Å²) in [6.07, 6.45) is 0.407. The van der Waals surface area contributed by atoms with Gasteiger partial charge in [-0.25, -0.2) is 0 Å². The zero-order valence-electron chi connectivity index (χ0n) is 9.09. The summed E-state index contributed by atoms with van der Waals surface area (Å²) in [6, 6.07) is 4.25. The molecule has 1 aromatic rings. The fourth-order valence-electron chi connectivity index (χ4n) is 1.84. The van der Waals surface area contributed by atoms with Gasteiger partial charge < -0.3 is 10.1 Å². The topological polar surface area (TPSA) is 81.5 Å². The molecule has 1 N–H and O–H groups in total. The highest BCUT2D eigenvalue weighted by Gasteiger charge is 2.20. The summed E-state index contributed by atoms with van der Waals surface area (Å²) in [5.74, 6) is 0. The zero-order valence-corrected chi connectivity index (χ0v) is 9.09. The SMILES string of the molecule is O=Cc1cc([N+](=O)[O-])ccc1C1CNCCO1. The molecule has 0 radical (unpaired) electrons. The van der Waals surface area contributed by atoms with Gasteiger partial charge >= 0.3 is 0 Å². The van der Waals surface area contributed by atoms with Crippen LogP contribution in [0.5, 0.6) is 0 Å². The van der Waals surface area contributed by atoms with Crippen LogP contribution in [0.2, 0.25) is 0 Å². The Hall–Kier alpha value is -1.79. The van der Waals surface area contributed by atoms with Crippen LogP contribution in [0.15, 0.2) is 18.2 Å². The maximum atomic E-state index is 10.9. The van der Waals surface area contributed by atoms with Crippen LogP contribution in [-0.4, -0.2) is 30.9 Å². The van der Waals surface area contributed by atoms with E-state index in [1.165, 1.54) is 12.1 Å². The van der Waals surface area contributed by atoms with Crippen LogP contribution in [0, 0.1) is 10.1 Å². The lowest BCUT2D eigenvalue weighted by molar-refractivity contribution is -0.384. The molecule has 0 bridgehead atoms. The maximum absolute atomic E-state index is 10.9. The highest BCUT2D eigenvalue weighted by atomic mass is 16.6. The van der Waals surface area contributed by atoms with Gasteiger partial charge in [0.25, 0.3) is 5.69 Å². The predicted octanol–water partition coefficient (Wildman–Crippen LogP) is 1.07. The van der Waals surface area contributed by atoms with Crippen molar-refractivity contribution in [2.75, 3.05) is 19.7 Å². The van der Waals surface area contributed by atoms with Gasteiger partial charge in [0.1, 0.15) is 0 Å². The number of nitro benzene ring substituents is 1.